The zero-order valence-electron chi connectivity index (χ0n) is 17.7. The lowest BCUT2D eigenvalue weighted by Crippen LogP contribution is -2.22. The van der Waals surface area contributed by atoms with Gasteiger partial charge in [-0.1, -0.05) is 30.4 Å². The van der Waals surface area contributed by atoms with Crippen LogP contribution in [0.2, 0.25) is 0 Å². The first-order valence-corrected chi connectivity index (χ1v) is 10.1. The van der Waals surface area contributed by atoms with Gasteiger partial charge >= 0.3 is 0 Å². The molecule has 0 aliphatic rings. The van der Waals surface area contributed by atoms with E-state index in [1.165, 1.54) is 0 Å². The first kappa shape index (κ1) is 20.9. The number of nitrogens with zero attached hydrogens (tertiary/aromatic N) is 2. The van der Waals surface area contributed by atoms with Crippen molar-refractivity contribution in [3.05, 3.63) is 59.9 Å². The van der Waals surface area contributed by atoms with Crippen LogP contribution in [0, 0.1) is 0 Å². The molecule has 0 radical (unpaired) electrons. The standard InChI is InChI=1S/C24H30N2O3/c1-5-10-18-13-14-21(22(17-18)28-4)29-16-9-8-15-26-20-12-7-6-11-19(20)25-23(26)24(2,3)27/h5-7,10-14,17,27H,8-9,15-16H2,1-4H3/b10-5+. The molecule has 1 N–H and O–H groups in total. The second-order valence-corrected chi connectivity index (χ2v) is 7.60. The van der Waals surface area contributed by atoms with Crippen LogP contribution in [0.5, 0.6) is 11.5 Å². The number of para-hydroxylation sites is 2. The molecule has 5 heteroatoms. The minimum absolute atomic E-state index is 0.601. The Bertz CT molecular complexity index is 983. The highest BCUT2D eigenvalue weighted by molar-refractivity contribution is 5.76. The van der Waals surface area contributed by atoms with Gasteiger partial charge < -0.3 is 19.1 Å². The summed E-state index contributed by atoms with van der Waals surface area (Å²) in [5, 5.41) is 10.5. The van der Waals surface area contributed by atoms with E-state index >= 15 is 0 Å². The number of benzene rings is 2. The van der Waals surface area contributed by atoms with Gasteiger partial charge in [0.1, 0.15) is 11.4 Å². The number of hydrogen-bond acceptors (Lipinski definition) is 4. The summed E-state index contributed by atoms with van der Waals surface area (Å²) in [6.45, 7) is 6.92. The number of hydrogen-bond donors (Lipinski definition) is 1. The van der Waals surface area contributed by atoms with E-state index in [0.717, 1.165) is 47.5 Å². The highest BCUT2D eigenvalue weighted by Crippen LogP contribution is 2.29. The van der Waals surface area contributed by atoms with Crippen molar-refractivity contribution in [1.82, 2.24) is 9.55 Å². The quantitative estimate of drug-likeness (QED) is 0.509. The largest absolute Gasteiger partial charge is 0.493 e. The third-order valence-corrected chi connectivity index (χ3v) is 4.78. The van der Waals surface area contributed by atoms with E-state index in [9.17, 15) is 5.11 Å². The third kappa shape index (κ3) is 4.98. The van der Waals surface area contributed by atoms with Crippen LogP contribution in [0.15, 0.2) is 48.5 Å². The Balaban J connectivity index is 1.62. The van der Waals surface area contributed by atoms with Crippen molar-refractivity contribution in [2.45, 2.75) is 45.8 Å². The Morgan fingerprint density at radius 2 is 1.90 bits per heavy atom. The molecule has 0 aliphatic heterocycles. The van der Waals surface area contributed by atoms with Crippen LogP contribution < -0.4 is 9.47 Å². The predicted molar refractivity (Wildman–Crippen MR) is 117 cm³/mol. The van der Waals surface area contributed by atoms with Gasteiger partial charge in [0.15, 0.2) is 11.5 Å². The van der Waals surface area contributed by atoms with Gasteiger partial charge in [-0.25, -0.2) is 4.98 Å². The fourth-order valence-electron chi connectivity index (χ4n) is 3.42. The highest BCUT2D eigenvalue weighted by Gasteiger charge is 2.24. The van der Waals surface area contributed by atoms with E-state index in [1.54, 1.807) is 21.0 Å². The third-order valence-electron chi connectivity index (χ3n) is 4.78. The molecule has 0 bridgehead atoms. The van der Waals surface area contributed by atoms with Gasteiger partial charge in [0.25, 0.3) is 0 Å². The molecule has 0 aliphatic carbocycles. The molecule has 5 nitrogen and oxygen atoms in total. The zero-order valence-corrected chi connectivity index (χ0v) is 17.7. The van der Waals surface area contributed by atoms with Gasteiger partial charge in [0.05, 0.1) is 24.8 Å². The molecule has 29 heavy (non-hydrogen) atoms. The second kappa shape index (κ2) is 9.14. The fraction of sp³-hybridized carbons (Fsp3) is 0.375. The average Bonchev–Trinajstić information content (AvgIpc) is 3.08. The number of methoxy groups -OCH3 is 1. The van der Waals surface area contributed by atoms with Gasteiger partial charge in [-0.3, -0.25) is 0 Å². The minimum atomic E-state index is -0.989. The molecule has 0 spiro atoms. The van der Waals surface area contributed by atoms with Gasteiger partial charge in [0, 0.05) is 6.54 Å². The molecular weight excluding hydrogens is 364 g/mol. The normalized spacial score (nSPS) is 12.0. The van der Waals surface area contributed by atoms with Crippen LogP contribution in [-0.4, -0.2) is 28.4 Å². The molecule has 0 unspecified atom stereocenters. The number of rotatable bonds is 9. The van der Waals surface area contributed by atoms with Crippen molar-refractivity contribution < 1.29 is 14.6 Å². The molecule has 3 rings (SSSR count). The summed E-state index contributed by atoms with van der Waals surface area (Å²) in [5.41, 5.74) is 2.05. The number of allylic oxidation sites excluding steroid dienone is 1. The fourth-order valence-corrected chi connectivity index (χ4v) is 3.42. The number of unbranched alkanes of at least 4 members (excludes halogenated alkanes) is 1. The molecule has 1 aromatic heterocycles. The van der Waals surface area contributed by atoms with Crippen molar-refractivity contribution in [3.8, 4) is 11.5 Å². The van der Waals surface area contributed by atoms with Crippen molar-refractivity contribution >= 4 is 17.1 Å². The van der Waals surface area contributed by atoms with E-state index in [4.69, 9.17) is 9.47 Å². The number of imidazole rings is 1. The van der Waals surface area contributed by atoms with Gasteiger partial charge in [-0.05, 0) is 63.4 Å². The molecule has 1 heterocycles. The molecule has 0 saturated carbocycles. The molecule has 154 valence electrons. The van der Waals surface area contributed by atoms with E-state index in [1.807, 2.05) is 61.5 Å². The first-order valence-electron chi connectivity index (χ1n) is 10.1. The Hall–Kier alpha value is -2.79. The van der Waals surface area contributed by atoms with Gasteiger partial charge in [0.2, 0.25) is 0 Å². The van der Waals surface area contributed by atoms with Gasteiger partial charge in [-0.2, -0.15) is 0 Å². The topological polar surface area (TPSA) is 56.5 Å². The molecule has 3 aromatic rings. The van der Waals surface area contributed by atoms with Gasteiger partial charge in [-0.15, -0.1) is 0 Å². The summed E-state index contributed by atoms with van der Waals surface area (Å²) >= 11 is 0. The van der Waals surface area contributed by atoms with E-state index < -0.39 is 5.60 Å². The Labute approximate surface area is 172 Å². The lowest BCUT2D eigenvalue weighted by molar-refractivity contribution is 0.0650. The summed E-state index contributed by atoms with van der Waals surface area (Å²) in [5.74, 6) is 2.19. The van der Waals surface area contributed by atoms with Crippen LogP contribution in [0.25, 0.3) is 17.1 Å². The lowest BCUT2D eigenvalue weighted by atomic mass is 10.1. The van der Waals surface area contributed by atoms with Crippen molar-refractivity contribution in [2.75, 3.05) is 13.7 Å². The van der Waals surface area contributed by atoms with Crippen molar-refractivity contribution in [1.29, 1.82) is 0 Å². The zero-order chi connectivity index (χ0) is 20.9. The molecule has 0 amide bonds. The SMILES string of the molecule is C/C=C/c1ccc(OCCCCn2c(C(C)(C)O)nc3ccccc32)c(OC)c1. The molecule has 0 saturated heterocycles. The summed E-state index contributed by atoms with van der Waals surface area (Å²) in [6.07, 6.45) is 5.83. The summed E-state index contributed by atoms with van der Waals surface area (Å²) in [7, 11) is 1.66. The first-order chi connectivity index (χ1) is 13.9. The van der Waals surface area contributed by atoms with Crippen LogP contribution >= 0.6 is 0 Å². The predicted octanol–water partition coefficient (Wildman–Crippen LogP) is 5.16. The Morgan fingerprint density at radius 3 is 2.62 bits per heavy atom. The summed E-state index contributed by atoms with van der Waals surface area (Å²) < 4.78 is 13.5. The Morgan fingerprint density at radius 1 is 1.10 bits per heavy atom. The number of fused-ring (bicyclic) bond motifs is 1. The van der Waals surface area contributed by atoms with Crippen LogP contribution in [0.4, 0.5) is 0 Å². The second-order valence-electron chi connectivity index (χ2n) is 7.60. The summed E-state index contributed by atoms with van der Waals surface area (Å²) in [4.78, 5) is 4.64. The molecule has 0 fully saturated rings. The molecule has 2 aromatic carbocycles. The van der Waals surface area contributed by atoms with Crippen molar-refractivity contribution in [3.63, 3.8) is 0 Å². The maximum Gasteiger partial charge on any atom is 0.161 e. The smallest absolute Gasteiger partial charge is 0.161 e. The van der Waals surface area contributed by atoms with E-state index in [-0.39, 0.29) is 0 Å². The average molecular weight is 395 g/mol. The summed E-state index contributed by atoms with van der Waals surface area (Å²) in [6, 6.07) is 13.9. The Kier molecular flexibility index (Phi) is 6.60. The highest BCUT2D eigenvalue weighted by atomic mass is 16.5. The van der Waals surface area contributed by atoms with Crippen LogP contribution in [0.1, 0.15) is 45.0 Å². The monoisotopic (exact) mass is 394 g/mol. The minimum Gasteiger partial charge on any atom is -0.493 e. The maximum atomic E-state index is 10.5. The van der Waals surface area contributed by atoms with Crippen molar-refractivity contribution in [2.24, 2.45) is 0 Å². The number of aliphatic hydroxyl groups is 1. The van der Waals surface area contributed by atoms with E-state index in [0.29, 0.717) is 12.4 Å². The maximum absolute atomic E-state index is 10.5. The number of ether oxygens (including phenoxy) is 2. The number of aryl methyl sites for hydroxylation is 1. The lowest BCUT2D eigenvalue weighted by Gasteiger charge is -2.19. The van der Waals surface area contributed by atoms with Crippen LogP contribution in [-0.2, 0) is 12.1 Å². The van der Waals surface area contributed by atoms with E-state index in [2.05, 4.69) is 9.55 Å². The van der Waals surface area contributed by atoms with Crippen LogP contribution in [0.3, 0.4) is 0 Å². The molecule has 0 atom stereocenters. The molecular formula is C24H30N2O3. The number of aromatic nitrogens is 2.